The number of ether oxygens (including phenoxy) is 1. The maximum absolute atomic E-state index is 9.64. The van der Waals surface area contributed by atoms with Crippen molar-refractivity contribution < 1.29 is 9.84 Å². The van der Waals surface area contributed by atoms with E-state index in [9.17, 15) is 5.11 Å². The minimum absolute atomic E-state index is 0.415. The van der Waals surface area contributed by atoms with Crippen molar-refractivity contribution in [1.82, 2.24) is 0 Å². The number of aliphatic hydroxyl groups excluding tert-OH is 1. The molecule has 3 nitrogen and oxygen atoms in total. The van der Waals surface area contributed by atoms with Crippen LogP contribution in [0.15, 0.2) is 15.6 Å². The third-order valence-electron chi connectivity index (χ3n) is 2.29. The van der Waals surface area contributed by atoms with E-state index in [-0.39, 0.29) is 0 Å². The molecule has 1 atom stereocenters. The van der Waals surface area contributed by atoms with Gasteiger partial charge in [0.25, 0.3) is 0 Å². The molecule has 0 aliphatic carbocycles. The van der Waals surface area contributed by atoms with Gasteiger partial charge in [-0.1, -0.05) is 18.7 Å². The summed E-state index contributed by atoms with van der Waals surface area (Å²) >= 11 is 1.71. The van der Waals surface area contributed by atoms with Crippen LogP contribution in [-0.4, -0.2) is 35.9 Å². The molecule has 1 aliphatic rings. The van der Waals surface area contributed by atoms with Gasteiger partial charge in [0.15, 0.2) is 0 Å². The topological polar surface area (TPSA) is 41.8 Å². The normalized spacial score (nSPS) is 21.3. The van der Waals surface area contributed by atoms with Gasteiger partial charge in [-0.25, -0.2) is 0 Å². The van der Waals surface area contributed by atoms with E-state index in [1.54, 1.807) is 24.9 Å². The zero-order chi connectivity index (χ0) is 11.3. The van der Waals surface area contributed by atoms with Crippen LogP contribution in [-0.2, 0) is 4.74 Å². The number of rotatable bonds is 5. The van der Waals surface area contributed by atoms with E-state index in [0.717, 1.165) is 30.2 Å². The summed E-state index contributed by atoms with van der Waals surface area (Å²) in [5, 5.41) is 11.1. The molecule has 1 heterocycles. The fourth-order valence-electron chi connectivity index (χ4n) is 1.37. The number of aliphatic imine (C=N–C) groups is 1. The number of hydrogen-bond acceptors (Lipinski definition) is 4. The van der Waals surface area contributed by atoms with Crippen molar-refractivity contribution in [2.24, 2.45) is 4.99 Å². The molecule has 1 aliphatic heterocycles. The van der Waals surface area contributed by atoms with E-state index in [4.69, 9.17) is 4.74 Å². The summed E-state index contributed by atoms with van der Waals surface area (Å²) in [6, 6.07) is 0. The average molecular weight is 229 g/mol. The Morgan fingerprint density at radius 2 is 2.33 bits per heavy atom. The van der Waals surface area contributed by atoms with Gasteiger partial charge in [0.05, 0.1) is 29.6 Å². The van der Waals surface area contributed by atoms with Gasteiger partial charge in [-0.05, 0) is 25.8 Å². The Kier molecular flexibility index (Phi) is 5.36. The van der Waals surface area contributed by atoms with Crippen LogP contribution in [0, 0.1) is 0 Å². The molecular formula is C11H19NO2S. The Bertz CT molecular complexity index is 257. The van der Waals surface area contributed by atoms with Gasteiger partial charge in [0.2, 0.25) is 0 Å². The Hall–Kier alpha value is -0.320. The zero-order valence-corrected chi connectivity index (χ0v) is 10.4. The lowest BCUT2D eigenvalue weighted by molar-refractivity contribution is 0.0457. The predicted molar refractivity (Wildman–Crippen MR) is 65.4 cm³/mol. The van der Waals surface area contributed by atoms with Crippen LogP contribution in [0.2, 0.25) is 0 Å². The SMILES string of the molecule is C/C=N\C(SC1COC1)=C(/CC)C(C)O. The molecule has 0 spiro atoms. The average Bonchev–Trinajstić information content (AvgIpc) is 2.11. The van der Waals surface area contributed by atoms with Crippen molar-refractivity contribution in [2.45, 2.75) is 38.5 Å². The summed E-state index contributed by atoms with van der Waals surface area (Å²) in [4.78, 5) is 4.34. The largest absolute Gasteiger partial charge is 0.389 e. The molecular weight excluding hydrogens is 210 g/mol. The molecule has 1 fully saturated rings. The molecule has 0 bridgehead atoms. The van der Waals surface area contributed by atoms with Crippen LogP contribution >= 0.6 is 11.8 Å². The summed E-state index contributed by atoms with van der Waals surface area (Å²) in [5.74, 6) is 0. The first-order valence-electron chi connectivity index (χ1n) is 5.33. The highest BCUT2D eigenvalue weighted by atomic mass is 32.2. The second kappa shape index (κ2) is 6.30. The molecule has 4 heteroatoms. The smallest absolute Gasteiger partial charge is 0.0977 e. The fraction of sp³-hybridized carbons (Fsp3) is 0.727. The molecule has 0 aromatic carbocycles. The van der Waals surface area contributed by atoms with Crippen LogP contribution in [0.4, 0.5) is 0 Å². The van der Waals surface area contributed by atoms with Crippen LogP contribution in [0.25, 0.3) is 0 Å². The van der Waals surface area contributed by atoms with Gasteiger partial charge >= 0.3 is 0 Å². The molecule has 0 aromatic rings. The molecule has 86 valence electrons. The van der Waals surface area contributed by atoms with Crippen LogP contribution < -0.4 is 0 Å². The van der Waals surface area contributed by atoms with E-state index in [0.29, 0.717) is 5.25 Å². The maximum atomic E-state index is 9.64. The summed E-state index contributed by atoms with van der Waals surface area (Å²) < 4.78 is 5.13. The third kappa shape index (κ3) is 3.63. The number of nitrogens with zero attached hydrogens (tertiary/aromatic N) is 1. The van der Waals surface area contributed by atoms with Gasteiger partial charge in [0.1, 0.15) is 0 Å². The molecule has 0 amide bonds. The molecule has 0 saturated carbocycles. The number of aliphatic hydroxyl groups is 1. The molecule has 0 radical (unpaired) electrons. The van der Waals surface area contributed by atoms with E-state index in [1.807, 2.05) is 13.8 Å². The quantitative estimate of drug-likeness (QED) is 0.735. The number of hydrogen-bond donors (Lipinski definition) is 1. The van der Waals surface area contributed by atoms with Gasteiger partial charge in [-0.15, -0.1) is 0 Å². The molecule has 1 saturated heterocycles. The zero-order valence-electron chi connectivity index (χ0n) is 9.56. The second-order valence-electron chi connectivity index (χ2n) is 3.52. The Balaban J connectivity index is 2.75. The Labute approximate surface area is 95.6 Å². The monoisotopic (exact) mass is 229 g/mol. The molecule has 1 unspecified atom stereocenters. The lowest BCUT2D eigenvalue weighted by atomic mass is 10.1. The van der Waals surface area contributed by atoms with Crippen molar-refractivity contribution in [3.05, 3.63) is 10.6 Å². The van der Waals surface area contributed by atoms with E-state index < -0.39 is 6.10 Å². The third-order valence-corrected chi connectivity index (χ3v) is 3.49. The van der Waals surface area contributed by atoms with Crippen LogP contribution in [0.5, 0.6) is 0 Å². The predicted octanol–water partition coefficient (Wildman–Crippen LogP) is 2.21. The maximum Gasteiger partial charge on any atom is 0.0977 e. The Morgan fingerprint density at radius 1 is 1.67 bits per heavy atom. The van der Waals surface area contributed by atoms with Crippen molar-refractivity contribution in [1.29, 1.82) is 0 Å². The van der Waals surface area contributed by atoms with Crippen molar-refractivity contribution in [3.63, 3.8) is 0 Å². The molecule has 15 heavy (non-hydrogen) atoms. The second-order valence-corrected chi connectivity index (χ2v) is 4.81. The minimum atomic E-state index is -0.415. The van der Waals surface area contributed by atoms with Crippen LogP contribution in [0.3, 0.4) is 0 Å². The lowest BCUT2D eigenvalue weighted by Gasteiger charge is -2.26. The minimum Gasteiger partial charge on any atom is -0.389 e. The van der Waals surface area contributed by atoms with Crippen molar-refractivity contribution in [2.75, 3.05) is 13.2 Å². The first-order valence-corrected chi connectivity index (χ1v) is 6.21. The van der Waals surface area contributed by atoms with Crippen molar-refractivity contribution >= 4 is 18.0 Å². The van der Waals surface area contributed by atoms with E-state index in [1.165, 1.54) is 0 Å². The van der Waals surface area contributed by atoms with Gasteiger partial charge in [0, 0.05) is 6.21 Å². The van der Waals surface area contributed by atoms with Gasteiger partial charge in [-0.2, -0.15) is 0 Å². The highest BCUT2D eigenvalue weighted by molar-refractivity contribution is 8.03. The number of thioether (sulfide) groups is 1. The Morgan fingerprint density at radius 3 is 2.67 bits per heavy atom. The highest BCUT2D eigenvalue weighted by Gasteiger charge is 2.22. The lowest BCUT2D eigenvalue weighted by Crippen LogP contribution is -2.30. The first kappa shape index (κ1) is 12.7. The molecule has 1 N–H and O–H groups in total. The van der Waals surface area contributed by atoms with Crippen LogP contribution in [0.1, 0.15) is 27.2 Å². The van der Waals surface area contributed by atoms with Gasteiger partial charge < -0.3 is 9.84 Å². The summed E-state index contributed by atoms with van der Waals surface area (Å²) in [7, 11) is 0. The van der Waals surface area contributed by atoms with E-state index in [2.05, 4.69) is 4.99 Å². The summed E-state index contributed by atoms with van der Waals surface area (Å²) in [5.41, 5.74) is 1.02. The molecule has 1 rings (SSSR count). The van der Waals surface area contributed by atoms with E-state index >= 15 is 0 Å². The summed E-state index contributed by atoms with van der Waals surface area (Å²) in [6.07, 6.45) is 2.20. The standard InChI is InChI=1S/C11H19NO2S/c1-4-10(8(3)13)11(12-5-2)15-9-6-14-7-9/h5,8-9,13H,4,6-7H2,1-3H3/b11-10-,12-5-. The summed E-state index contributed by atoms with van der Waals surface area (Å²) in [6.45, 7) is 7.33. The fourth-order valence-corrected chi connectivity index (χ4v) is 2.65. The highest BCUT2D eigenvalue weighted by Crippen LogP contribution is 2.32. The first-order chi connectivity index (χ1) is 7.19. The van der Waals surface area contributed by atoms with Crippen molar-refractivity contribution in [3.8, 4) is 0 Å². The molecule has 0 aromatic heterocycles. The van der Waals surface area contributed by atoms with Gasteiger partial charge in [-0.3, -0.25) is 4.99 Å².